The largest absolute Gasteiger partial charge is 0.426 e. The quantitative estimate of drug-likeness (QED) is 0.402. The Kier molecular flexibility index (Phi) is 1.35. The molecule has 1 heterocycles. The van der Waals surface area contributed by atoms with Gasteiger partial charge in [-0.1, -0.05) is 0 Å². The van der Waals surface area contributed by atoms with Gasteiger partial charge in [-0.05, 0) is 12.2 Å². The Labute approximate surface area is 55.3 Å². The second-order valence-electron chi connectivity index (χ2n) is 1.45. The molecule has 2 N–H and O–H groups in total. The van der Waals surface area contributed by atoms with Crippen LogP contribution in [-0.4, -0.2) is 14.9 Å². The molecule has 1 aromatic heterocycles. The molecule has 0 bridgehead atoms. The summed E-state index contributed by atoms with van der Waals surface area (Å²) in [4.78, 5) is 12.6. The molecule has 1 rings (SSSR count). The smallest absolute Gasteiger partial charge is 0.251 e. The van der Waals surface area contributed by atoms with Crippen molar-refractivity contribution in [1.82, 2.24) is 9.71 Å². The number of aromatic amines is 1. The summed E-state index contributed by atoms with van der Waals surface area (Å²) < 4.78 is 0.666. The van der Waals surface area contributed by atoms with Gasteiger partial charge in [0.05, 0.1) is 6.20 Å². The fourth-order valence-electron chi connectivity index (χ4n) is 0.410. The summed E-state index contributed by atoms with van der Waals surface area (Å²) in [5.41, 5.74) is -0.315. The Bertz CT molecular complexity index is 313. The molecule has 0 radical (unpaired) electrons. The number of H-pyrrole nitrogens is 1. The van der Waals surface area contributed by atoms with Gasteiger partial charge < -0.3 is 5.21 Å². The van der Waals surface area contributed by atoms with E-state index in [2.05, 4.69) is 17.2 Å². The highest BCUT2D eigenvalue weighted by molar-refractivity contribution is 7.71. The van der Waals surface area contributed by atoms with Crippen molar-refractivity contribution in [3.05, 3.63) is 27.4 Å². The van der Waals surface area contributed by atoms with Gasteiger partial charge in [0.1, 0.15) is 0 Å². The van der Waals surface area contributed by atoms with E-state index in [1.165, 1.54) is 12.3 Å². The van der Waals surface area contributed by atoms with Crippen molar-refractivity contribution in [2.75, 3.05) is 0 Å². The summed E-state index contributed by atoms with van der Waals surface area (Å²) >= 11 is 4.50. The van der Waals surface area contributed by atoms with Crippen molar-refractivity contribution in [3.63, 3.8) is 0 Å². The maximum absolute atomic E-state index is 10.4. The molecule has 0 aliphatic heterocycles. The molecule has 0 saturated heterocycles. The van der Waals surface area contributed by atoms with Crippen LogP contribution in [0, 0.1) is 4.77 Å². The highest BCUT2D eigenvalue weighted by atomic mass is 32.1. The summed E-state index contributed by atoms with van der Waals surface area (Å²) in [7, 11) is 0. The first-order valence-corrected chi connectivity index (χ1v) is 2.62. The van der Waals surface area contributed by atoms with Gasteiger partial charge in [-0.2, -0.15) is 4.73 Å². The molecular formula is C4H4N2O2S. The number of rotatable bonds is 0. The molecular weight excluding hydrogens is 140 g/mol. The Balaban J connectivity index is 3.52. The number of hydrogen-bond acceptors (Lipinski definition) is 3. The van der Waals surface area contributed by atoms with Gasteiger partial charge in [0.25, 0.3) is 5.56 Å². The van der Waals surface area contributed by atoms with E-state index in [0.29, 0.717) is 4.73 Å². The topological polar surface area (TPSA) is 58.0 Å². The van der Waals surface area contributed by atoms with Crippen LogP contribution in [0.1, 0.15) is 0 Å². The maximum Gasteiger partial charge on any atom is 0.251 e. The van der Waals surface area contributed by atoms with Crippen LogP contribution in [0.25, 0.3) is 0 Å². The standard InChI is InChI=1S/C4H4N2O2S/c7-3-1-2-6(8)4(9)5-3/h1-2,8H,(H,5,7,9). The lowest BCUT2D eigenvalue weighted by Gasteiger charge is -1.90. The normalized spacial score (nSPS) is 9.33. The third kappa shape index (κ3) is 1.17. The fraction of sp³-hybridized carbons (Fsp3) is 0. The molecule has 48 valence electrons. The number of nitrogens with zero attached hydrogens (tertiary/aromatic N) is 1. The highest BCUT2D eigenvalue weighted by Crippen LogP contribution is 1.76. The van der Waals surface area contributed by atoms with Crippen molar-refractivity contribution in [2.24, 2.45) is 0 Å². The zero-order chi connectivity index (χ0) is 6.85. The summed E-state index contributed by atoms with van der Waals surface area (Å²) in [5.74, 6) is 0. The third-order valence-electron chi connectivity index (χ3n) is 0.805. The molecule has 0 aliphatic rings. The molecule has 4 nitrogen and oxygen atoms in total. The number of nitrogens with one attached hydrogen (secondary N) is 1. The van der Waals surface area contributed by atoms with E-state index >= 15 is 0 Å². The van der Waals surface area contributed by atoms with Gasteiger partial charge in [-0.15, -0.1) is 0 Å². The SMILES string of the molecule is O=c1ccn(O)c(=S)[nH]1. The van der Waals surface area contributed by atoms with E-state index < -0.39 is 0 Å². The second-order valence-corrected chi connectivity index (χ2v) is 1.84. The molecule has 0 fully saturated rings. The minimum atomic E-state index is -0.315. The monoisotopic (exact) mass is 144 g/mol. The minimum Gasteiger partial charge on any atom is -0.426 e. The molecule has 0 aliphatic carbocycles. The molecule has 0 saturated carbocycles. The van der Waals surface area contributed by atoms with Crippen LogP contribution in [0.5, 0.6) is 0 Å². The predicted octanol–water partition coefficient (Wildman–Crippen LogP) is 0.143. The third-order valence-corrected chi connectivity index (χ3v) is 1.09. The van der Waals surface area contributed by atoms with Gasteiger partial charge in [0.2, 0.25) is 4.77 Å². The zero-order valence-electron chi connectivity index (χ0n) is 4.37. The lowest BCUT2D eigenvalue weighted by atomic mass is 10.7. The molecule has 0 amide bonds. The first kappa shape index (κ1) is 6.03. The molecule has 9 heavy (non-hydrogen) atoms. The van der Waals surface area contributed by atoms with Crippen molar-refractivity contribution in [3.8, 4) is 0 Å². The summed E-state index contributed by atoms with van der Waals surface area (Å²) in [5, 5.41) is 8.69. The van der Waals surface area contributed by atoms with E-state index in [1.54, 1.807) is 0 Å². The average Bonchev–Trinajstić information content (AvgIpc) is 1.80. The molecule has 0 spiro atoms. The van der Waals surface area contributed by atoms with Gasteiger partial charge in [-0.3, -0.25) is 9.78 Å². The minimum absolute atomic E-state index is 0.00231. The van der Waals surface area contributed by atoms with Gasteiger partial charge in [0.15, 0.2) is 0 Å². The van der Waals surface area contributed by atoms with E-state index in [-0.39, 0.29) is 10.3 Å². The Morgan fingerprint density at radius 1 is 1.78 bits per heavy atom. The fourth-order valence-corrected chi connectivity index (χ4v) is 0.572. The van der Waals surface area contributed by atoms with Crippen LogP contribution in [-0.2, 0) is 0 Å². The van der Waals surface area contributed by atoms with Crippen LogP contribution in [0.15, 0.2) is 17.1 Å². The Hall–Kier alpha value is -1.10. The van der Waals surface area contributed by atoms with Crippen LogP contribution >= 0.6 is 12.2 Å². The number of aromatic nitrogens is 2. The molecule has 0 atom stereocenters. The van der Waals surface area contributed by atoms with Crippen LogP contribution in [0.2, 0.25) is 0 Å². The highest BCUT2D eigenvalue weighted by Gasteiger charge is 1.84. The second kappa shape index (κ2) is 2.02. The molecule has 5 heteroatoms. The van der Waals surface area contributed by atoms with Gasteiger partial charge in [-0.25, -0.2) is 0 Å². The maximum atomic E-state index is 10.4. The molecule has 0 unspecified atom stereocenters. The van der Waals surface area contributed by atoms with E-state index in [9.17, 15) is 4.79 Å². The van der Waals surface area contributed by atoms with E-state index in [0.717, 1.165) is 0 Å². The zero-order valence-corrected chi connectivity index (χ0v) is 5.18. The summed E-state index contributed by atoms with van der Waals surface area (Å²) in [6.07, 6.45) is 1.18. The van der Waals surface area contributed by atoms with Crippen LogP contribution in [0.3, 0.4) is 0 Å². The predicted molar refractivity (Wildman–Crippen MR) is 33.1 cm³/mol. The first-order chi connectivity index (χ1) is 4.20. The van der Waals surface area contributed by atoms with Crippen molar-refractivity contribution >= 4 is 12.2 Å². The molecule has 1 aromatic rings. The van der Waals surface area contributed by atoms with Crippen molar-refractivity contribution in [1.29, 1.82) is 0 Å². The lowest BCUT2D eigenvalue weighted by Crippen LogP contribution is -2.08. The van der Waals surface area contributed by atoms with Crippen LogP contribution in [0.4, 0.5) is 0 Å². The Morgan fingerprint density at radius 3 is 2.89 bits per heavy atom. The number of hydrogen-bond donors (Lipinski definition) is 2. The van der Waals surface area contributed by atoms with E-state index in [1.807, 2.05) is 0 Å². The summed E-state index contributed by atoms with van der Waals surface area (Å²) in [6.45, 7) is 0. The first-order valence-electron chi connectivity index (χ1n) is 2.21. The average molecular weight is 144 g/mol. The van der Waals surface area contributed by atoms with Crippen LogP contribution < -0.4 is 5.56 Å². The van der Waals surface area contributed by atoms with E-state index in [4.69, 9.17) is 5.21 Å². The Morgan fingerprint density at radius 2 is 2.44 bits per heavy atom. The van der Waals surface area contributed by atoms with Gasteiger partial charge >= 0.3 is 0 Å². The summed E-state index contributed by atoms with van der Waals surface area (Å²) in [6, 6.07) is 1.18. The van der Waals surface area contributed by atoms with Gasteiger partial charge in [0, 0.05) is 6.07 Å². The van der Waals surface area contributed by atoms with Crippen molar-refractivity contribution < 1.29 is 5.21 Å². The lowest BCUT2D eigenvalue weighted by molar-refractivity contribution is 0.175. The molecule has 0 aromatic carbocycles. The van der Waals surface area contributed by atoms with Crippen molar-refractivity contribution in [2.45, 2.75) is 0 Å².